The number of anilines is 1. The summed E-state index contributed by atoms with van der Waals surface area (Å²) in [5.74, 6) is 0. The summed E-state index contributed by atoms with van der Waals surface area (Å²) in [5, 5.41) is 1.19. The van der Waals surface area contributed by atoms with Gasteiger partial charge in [0.2, 0.25) is 10.0 Å². The predicted molar refractivity (Wildman–Crippen MR) is 75.1 cm³/mol. The molecule has 1 aliphatic rings. The van der Waals surface area contributed by atoms with E-state index in [0.717, 1.165) is 5.69 Å². The number of halogens is 2. The van der Waals surface area contributed by atoms with E-state index in [9.17, 15) is 8.42 Å². The summed E-state index contributed by atoms with van der Waals surface area (Å²) in [6.07, 6.45) is 1.23. The van der Waals surface area contributed by atoms with E-state index in [1.165, 1.54) is 10.6 Å². The Morgan fingerprint density at radius 2 is 1.72 bits per heavy atom. The second-order valence-corrected chi connectivity index (χ2v) is 7.07. The minimum atomic E-state index is -3.10. The first kappa shape index (κ1) is 13.9. The number of nitrogens with zero attached hydrogens (tertiary/aromatic N) is 2. The number of rotatable bonds is 2. The Morgan fingerprint density at radius 3 is 2.22 bits per heavy atom. The van der Waals surface area contributed by atoms with Crippen molar-refractivity contribution in [2.45, 2.75) is 0 Å². The number of sulfonamides is 1. The van der Waals surface area contributed by atoms with Crippen LogP contribution < -0.4 is 4.90 Å². The Hall–Kier alpha value is -0.490. The van der Waals surface area contributed by atoms with Crippen LogP contribution in [0.15, 0.2) is 18.2 Å². The van der Waals surface area contributed by atoms with Gasteiger partial charge in [-0.3, -0.25) is 0 Å². The Balaban J connectivity index is 2.10. The molecule has 0 radical (unpaired) electrons. The minimum absolute atomic E-state index is 0.484. The topological polar surface area (TPSA) is 40.6 Å². The summed E-state index contributed by atoms with van der Waals surface area (Å²) in [6.45, 7) is 2.23. The summed E-state index contributed by atoms with van der Waals surface area (Å²) < 4.78 is 24.3. The van der Waals surface area contributed by atoms with Crippen LogP contribution in [0.2, 0.25) is 10.0 Å². The molecule has 0 amide bonds. The maximum atomic E-state index is 11.4. The fourth-order valence-corrected chi connectivity index (χ4v) is 3.35. The zero-order valence-corrected chi connectivity index (χ0v) is 12.3. The van der Waals surface area contributed by atoms with Gasteiger partial charge in [0, 0.05) is 31.2 Å². The first-order chi connectivity index (χ1) is 8.38. The van der Waals surface area contributed by atoms with Gasteiger partial charge in [-0.2, -0.15) is 4.31 Å². The van der Waals surface area contributed by atoms with E-state index in [0.29, 0.717) is 36.2 Å². The molecule has 1 heterocycles. The van der Waals surface area contributed by atoms with Gasteiger partial charge in [-0.1, -0.05) is 23.2 Å². The highest BCUT2D eigenvalue weighted by atomic mass is 35.5. The summed E-state index contributed by atoms with van der Waals surface area (Å²) in [5.41, 5.74) is 0.897. The second-order valence-electron chi connectivity index (χ2n) is 4.24. The van der Waals surface area contributed by atoms with E-state index < -0.39 is 10.0 Å². The number of hydrogen-bond donors (Lipinski definition) is 0. The third-order valence-corrected chi connectivity index (χ3v) is 4.80. The quantitative estimate of drug-likeness (QED) is 0.840. The molecule has 1 aromatic rings. The van der Waals surface area contributed by atoms with Crippen molar-refractivity contribution in [3.63, 3.8) is 0 Å². The zero-order chi connectivity index (χ0) is 13.3. The van der Waals surface area contributed by atoms with Crippen molar-refractivity contribution in [3.8, 4) is 0 Å². The van der Waals surface area contributed by atoms with Crippen LogP contribution >= 0.6 is 23.2 Å². The van der Waals surface area contributed by atoms with Gasteiger partial charge in [-0.05, 0) is 18.2 Å². The van der Waals surface area contributed by atoms with Crippen LogP contribution in [0.3, 0.4) is 0 Å². The summed E-state index contributed by atoms with van der Waals surface area (Å²) in [6, 6.07) is 5.34. The second kappa shape index (κ2) is 5.25. The van der Waals surface area contributed by atoms with Crippen LogP contribution in [0.4, 0.5) is 5.69 Å². The molecule has 0 N–H and O–H groups in total. The lowest BCUT2D eigenvalue weighted by atomic mass is 10.2. The lowest BCUT2D eigenvalue weighted by Crippen LogP contribution is -2.48. The van der Waals surface area contributed by atoms with Crippen LogP contribution in [0.5, 0.6) is 0 Å². The van der Waals surface area contributed by atoms with Crippen molar-refractivity contribution >= 4 is 38.9 Å². The van der Waals surface area contributed by atoms with Gasteiger partial charge in [0.25, 0.3) is 0 Å². The monoisotopic (exact) mass is 308 g/mol. The molecule has 7 heteroatoms. The zero-order valence-electron chi connectivity index (χ0n) is 9.94. The lowest BCUT2D eigenvalue weighted by molar-refractivity contribution is 0.388. The third-order valence-electron chi connectivity index (χ3n) is 2.96. The molecule has 1 fully saturated rings. The average molecular weight is 309 g/mol. The van der Waals surface area contributed by atoms with Gasteiger partial charge in [0.05, 0.1) is 17.0 Å². The Labute approximate surface area is 117 Å². The predicted octanol–water partition coefficient (Wildman–Crippen LogP) is 2.08. The highest BCUT2D eigenvalue weighted by molar-refractivity contribution is 7.88. The first-order valence-corrected chi connectivity index (χ1v) is 8.13. The fraction of sp³-hybridized carbons (Fsp3) is 0.455. The molecule has 0 spiro atoms. The molecule has 0 atom stereocenters. The van der Waals surface area contributed by atoms with E-state index in [4.69, 9.17) is 23.2 Å². The molecule has 0 saturated carbocycles. The molecule has 2 rings (SSSR count). The van der Waals surface area contributed by atoms with E-state index in [-0.39, 0.29) is 0 Å². The van der Waals surface area contributed by atoms with Crippen molar-refractivity contribution in [1.82, 2.24) is 4.31 Å². The number of piperazine rings is 1. The Kier molecular flexibility index (Phi) is 4.06. The van der Waals surface area contributed by atoms with Crippen molar-refractivity contribution in [2.75, 3.05) is 37.3 Å². The van der Waals surface area contributed by atoms with Crippen LogP contribution in [0.25, 0.3) is 0 Å². The Morgan fingerprint density at radius 1 is 1.11 bits per heavy atom. The van der Waals surface area contributed by atoms with E-state index in [1.54, 1.807) is 12.1 Å². The van der Waals surface area contributed by atoms with Crippen molar-refractivity contribution < 1.29 is 8.42 Å². The van der Waals surface area contributed by atoms with Gasteiger partial charge in [-0.25, -0.2) is 8.42 Å². The maximum Gasteiger partial charge on any atom is 0.211 e. The first-order valence-electron chi connectivity index (χ1n) is 5.53. The van der Waals surface area contributed by atoms with Crippen LogP contribution in [0, 0.1) is 0 Å². The SMILES string of the molecule is CS(=O)(=O)N1CCN(c2ccc(Cl)cc2Cl)CC1. The molecule has 0 unspecified atom stereocenters. The third kappa shape index (κ3) is 3.09. The highest BCUT2D eigenvalue weighted by Gasteiger charge is 2.24. The normalized spacial score (nSPS) is 18.1. The van der Waals surface area contributed by atoms with E-state index in [1.807, 2.05) is 6.07 Å². The molecule has 100 valence electrons. The molecule has 1 saturated heterocycles. The minimum Gasteiger partial charge on any atom is -0.368 e. The van der Waals surface area contributed by atoms with Crippen molar-refractivity contribution in [3.05, 3.63) is 28.2 Å². The molecule has 1 aromatic carbocycles. The van der Waals surface area contributed by atoms with Crippen molar-refractivity contribution in [2.24, 2.45) is 0 Å². The van der Waals surface area contributed by atoms with Gasteiger partial charge in [0.1, 0.15) is 0 Å². The van der Waals surface area contributed by atoms with Gasteiger partial charge in [-0.15, -0.1) is 0 Å². The van der Waals surface area contributed by atoms with E-state index in [2.05, 4.69) is 4.90 Å². The van der Waals surface area contributed by atoms with Crippen molar-refractivity contribution in [1.29, 1.82) is 0 Å². The molecule has 1 aliphatic heterocycles. The number of benzene rings is 1. The molecular weight excluding hydrogens is 295 g/mol. The van der Waals surface area contributed by atoms with Crippen LogP contribution in [-0.4, -0.2) is 45.2 Å². The molecule has 0 aliphatic carbocycles. The lowest BCUT2D eigenvalue weighted by Gasteiger charge is -2.35. The molecule has 0 bridgehead atoms. The van der Waals surface area contributed by atoms with Gasteiger partial charge >= 0.3 is 0 Å². The van der Waals surface area contributed by atoms with Gasteiger partial charge < -0.3 is 4.90 Å². The number of hydrogen-bond acceptors (Lipinski definition) is 3. The summed E-state index contributed by atoms with van der Waals surface area (Å²) >= 11 is 12.0. The van der Waals surface area contributed by atoms with Crippen LogP contribution in [-0.2, 0) is 10.0 Å². The van der Waals surface area contributed by atoms with Crippen LogP contribution in [0.1, 0.15) is 0 Å². The van der Waals surface area contributed by atoms with Gasteiger partial charge in [0.15, 0.2) is 0 Å². The molecular formula is C11H14Cl2N2O2S. The van der Waals surface area contributed by atoms with E-state index >= 15 is 0 Å². The Bertz CT molecular complexity index is 540. The largest absolute Gasteiger partial charge is 0.368 e. The fourth-order valence-electron chi connectivity index (χ4n) is 2.00. The molecule has 4 nitrogen and oxygen atoms in total. The summed E-state index contributed by atoms with van der Waals surface area (Å²) in [4.78, 5) is 2.07. The maximum absolute atomic E-state index is 11.4. The smallest absolute Gasteiger partial charge is 0.211 e. The average Bonchev–Trinajstić information content (AvgIpc) is 2.28. The summed E-state index contributed by atoms with van der Waals surface area (Å²) in [7, 11) is -3.10. The highest BCUT2D eigenvalue weighted by Crippen LogP contribution is 2.29. The standard InChI is InChI=1S/C11H14Cl2N2O2S/c1-18(16,17)15-6-4-14(5-7-15)11-3-2-9(12)8-10(11)13/h2-3,8H,4-7H2,1H3. The molecule has 18 heavy (non-hydrogen) atoms. The molecule has 0 aromatic heterocycles.